The third-order valence-corrected chi connectivity index (χ3v) is 7.56. The number of carbonyl (C=O) groups excluding carboxylic acids is 1. The Morgan fingerprint density at radius 3 is 2.10 bits per heavy atom. The van der Waals surface area contributed by atoms with E-state index in [0.29, 0.717) is 25.1 Å². The van der Waals surface area contributed by atoms with Crippen molar-refractivity contribution in [2.75, 3.05) is 31.6 Å². The smallest absolute Gasteiger partial charge is 0.416 e. The largest absolute Gasteiger partial charge is 0.491 e. The standard InChI is InChI=1S/C23H36N6O.C15H21F3N2O2/c1-22(2,3)20-28-19(30)18(15-29(20)23(4,5)6)17-10-8-16(9-11-17)14-26-12-7-13-27-21(24)25;1-14(2,3)13(21)20-11-6-5-10(15(16,17)18)9-12(11)22-8-4-7-19/h8-11,15,26H,7,12-14H2,1-6H3,(H4,24,25,27);5-6,9H,4,7-8,19H2,1-3H3,(H,20,21). The third kappa shape index (κ3) is 13.9. The van der Waals surface area contributed by atoms with Gasteiger partial charge in [-0.2, -0.15) is 18.2 Å². The zero-order valence-corrected chi connectivity index (χ0v) is 32.0. The fourth-order valence-electron chi connectivity index (χ4n) is 4.64. The van der Waals surface area contributed by atoms with Crippen molar-refractivity contribution in [1.82, 2.24) is 14.9 Å². The van der Waals surface area contributed by atoms with E-state index in [-0.39, 0.29) is 46.4 Å². The number of rotatable bonds is 12. The summed E-state index contributed by atoms with van der Waals surface area (Å²) >= 11 is 0. The Kier molecular flexibility index (Phi) is 15.4. The Bertz CT molecular complexity index is 1700. The normalized spacial score (nSPS) is 12.1. The average molecular weight is 731 g/mol. The van der Waals surface area contributed by atoms with Gasteiger partial charge in [0, 0.05) is 35.7 Å². The summed E-state index contributed by atoms with van der Waals surface area (Å²) in [5, 5.41) is 5.96. The summed E-state index contributed by atoms with van der Waals surface area (Å²) in [6, 6.07) is 11.0. The molecule has 0 saturated carbocycles. The van der Waals surface area contributed by atoms with Crippen LogP contribution in [0.5, 0.6) is 5.75 Å². The molecule has 14 heteroatoms. The highest BCUT2D eigenvalue weighted by Crippen LogP contribution is 2.36. The molecule has 0 bridgehead atoms. The Morgan fingerprint density at radius 1 is 0.942 bits per heavy atom. The van der Waals surface area contributed by atoms with Crippen LogP contribution in [-0.2, 0) is 28.5 Å². The lowest BCUT2D eigenvalue weighted by molar-refractivity contribution is -0.137. The minimum Gasteiger partial charge on any atom is -0.491 e. The number of benzene rings is 2. The number of amides is 1. The van der Waals surface area contributed by atoms with Gasteiger partial charge in [0.1, 0.15) is 11.6 Å². The minimum atomic E-state index is -4.47. The second-order valence-corrected chi connectivity index (χ2v) is 15.5. The number of nitrogens with two attached hydrogens (primary N) is 3. The van der Waals surface area contributed by atoms with E-state index in [1.807, 2.05) is 30.5 Å². The molecule has 1 amide bonds. The molecule has 0 aliphatic carbocycles. The topological polar surface area (TPSA) is 176 Å². The number of anilines is 1. The Balaban J connectivity index is 0.000000378. The van der Waals surface area contributed by atoms with Crippen LogP contribution in [-0.4, -0.2) is 47.7 Å². The highest BCUT2D eigenvalue weighted by atomic mass is 19.4. The molecule has 3 aromatic rings. The molecule has 52 heavy (non-hydrogen) atoms. The number of alkyl halides is 3. The second-order valence-electron chi connectivity index (χ2n) is 15.5. The molecule has 8 N–H and O–H groups in total. The fourth-order valence-corrected chi connectivity index (χ4v) is 4.64. The molecule has 1 heterocycles. The summed E-state index contributed by atoms with van der Waals surface area (Å²) in [7, 11) is 0. The van der Waals surface area contributed by atoms with Crippen LogP contribution in [0.4, 0.5) is 18.9 Å². The van der Waals surface area contributed by atoms with Crippen LogP contribution in [0.1, 0.15) is 92.1 Å². The fraction of sp³-hybridized carbons (Fsp3) is 0.526. The van der Waals surface area contributed by atoms with Gasteiger partial charge in [0.25, 0.3) is 5.56 Å². The Morgan fingerprint density at radius 2 is 1.58 bits per heavy atom. The van der Waals surface area contributed by atoms with Gasteiger partial charge in [0.2, 0.25) is 5.91 Å². The van der Waals surface area contributed by atoms with Crippen LogP contribution in [0.3, 0.4) is 0 Å². The van der Waals surface area contributed by atoms with Crippen LogP contribution >= 0.6 is 0 Å². The first-order valence-electron chi connectivity index (χ1n) is 17.3. The number of hydrogen-bond donors (Lipinski definition) is 5. The molecule has 0 atom stereocenters. The van der Waals surface area contributed by atoms with E-state index in [1.54, 1.807) is 20.8 Å². The van der Waals surface area contributed by atoms with Crippen molar-refractivity contribution in [3.05, 3.63) is 76.0 Å². The Labute approximate surface area is 305 Å². The molecule has 0 fully saturated rings. The van der Waals surface area contributed by atoms with Crippen molar-refractivity contribution < 1.29 is 22.7 Å². The zero-order valence-electron chi connectivity index (χ0n) is 32.0. The van der Waals surface area contributed by atoms with E-state index >= 15 is 0 Å². The molecule has 0 aliphatic rings. The molecule has 0 unspecified atom stereocenters. The van der Waals surface area contributed by atoms with Gasteiger partial charge in [-0.05, 0) is 76.0 Å². The predicted octanol–water partition coefficient (Wildman–Crippen LogP) is 6.13. The van der Waals surface area contributed by atoms with E-state index in [2.05, 4.69) is 66.7 Å². The lowest BCUT2D eigenvalue weighted by atomic mass is 9.93. The van der Waals surface area contributed by atoms with Crippen molar-refractivity contribution in [2.45, 2.75) is 98.8 Å². The molecule has 0 aliphatic heterocycles. The van der Waals surface area contributed by atoms with Gasteiger partial charge in [-0.25, -0.2) is 0 Å². The maximum Gasteiger partial charge on any atom is 0.416 e. The van der Waals surface area contributed by atoms with Crippen molar-refractivity contribution in [3.8, 4) is 16.9 Å². The number of halogens is 3. The molecule has 288 valence electrons. The van der Waals surface area contributed by atoms with Gasteiger partial charge >= 0.3 is 6.18 Å². The summed E-state index contributed by atoms with van der Waals surface area (Å²) in [6.45, 7) is 20.5. The first-order chi connectivity index (χ1) is 23.9. The van der Waals surface area contributed by atoms with Crippen molar-refractivity contribution in [3.63, 3.8) is 0 Å². The van der Waals surface area contributed by atoms with Crippen LogP contribution in [0.15, 0.2) is 58.4 Å². The first-order valence-corrected chi connectivity index (χ1v) is 17.3. The predicted molar refractivity (Wildman–Crippen MR) is 203 cm³/mol. The monoisotopic (exact) mass is 730 g/mol. The molecular formula is C38H57F3N8O3. The summed E-state index contributed by atoms with van der Waals surface area (Å²) in [4.78, 5) is 33.2. The van der Waals surface area contributed by atoms with E-state index in [9.17, 15) is 22.8 Å². The van der Waals surface area contributed by atoms with Crippen LogP contribution in [0.2, 0.25) is 0 Å². The zero-order chi connectivity index (χ0) is 39.5. The number of carbonyl (C=O) groups is 1. The molecule has 0 spiro atoms. The second kappa shape index (κ2) is 18.4. The number of guanidine groups is 1. The number of aliphatic imine (C=N–C) groups is 1. The van der Waals surface area contributed by atoms with Gasteiger partial charge in [0.05, 0.1) is 23.4 Å². The number of nitrogens with zero attached hydrogens (tertiary/aromatic N) is 3. The number of nitrogens with one attached hydrogen (secondary N) is 2. The van der Waals surface area contributed by atoms with Crippen molar-refractivity contribution in [1.29, 1.82) is 0 Å². The van der Waals surface area contributed by atoms with Gasteiger partial charge in [0.15, 0.2) is 5.96 Å². The third-order valence-electron chi connectivity index (χ3n) is 7.56. The molecular weight excluding hydrogens is 673 g/mol. The van der Waals surface area contributed by atoms with E-state index in [4.69, 9.17) is 21.9 Å². The van der Waals surface area contributed by atoms with E-state index < -0.39 is 17.2 Å². The quantitative estimate of drug-likeness (QED) is 0.0840. The van der Waals surface area contributed by atoms with Crippen molar-refractivity contribution in [2.24, 2.45) is 27.6 Å². The SMILES string of the molecule is CC(C)(C)C(=O)Nc1ccc(C(F)(F)F)cc1OCCCN.CC(C)(C)c1nc(=O)c(-c2ccc(CNCCCN=C(N)N)cc2)cn1C(C)(C)C. The summed E-state index contributed by atoms with van der Waals surface area (Å²) < 4.78 is 45.8. The van der Waals surface area contributed by atoms with E-state index in [1.165, 1.54) is 6.07 Å². The van der Waals surface area contributed by atoms with Gasteiger partial charge < -0.3 is 37.1 Å². The van der Waals surface area contributed by atoms with Crippen molar-refractivity contribution >= 4 is 17.6 Å². The lowest BCUT2D eigenvalue weighted by Crippen LogP contribution is -2.35. The molecule has 3 rings (SSSR count). The maximum atomic E-state index is 12.8. The molecule has 0 saturated heterocycles. The molecule has 1 aromatic heterocycles. The summed E-state index contributed by atoms with van der Waals surface area (Å²) in [5.41, 5.74) is 16.7. The van der Waals surface area contributed by atoms with Gasteiger partial charge in [-0.15, -0.1) is 0 Å². The minimum absolute atomic E-state index is 0.0131. The first kappa shape index (κ1) is 43.7. The molecule has 2 aromatic carbocycles. The number of aromatic nitrogens is 2. The highest BCUT2D eigenvalue weighted by molar-refractivity contribution is 5.95. The van der Waals surface area contributed by atoms with E-state index in [0.717, 1.165) is 48.6 Å². The van der Waals surface area contributed by atoms with Gasteiger partial charge in [-0.3, -0.25) is 14.6 Å². The summed E-state index contributed by atoms with van der Waals surface area (Å²) in [6.07, 6.45) is -1.15. The number of ether oxygens (including phenoxy) is 1. The average Bonchev–Trinajstić information content (AvgIpc) is 3.02. The van der Waals surface area contributed by atoms with Crippen LogP contribution in [0, 0.1) is 5.41 Å². The lowest BCUT2D eigenvalue weighted by Gasteiger charge is -2.32. The van der Waals surface area contributed by atoms with Crippen LogP contribution in [0.25, 0.3) is 11.1 Å². The summed E-state index contributed by atoms with van der Waals surface area (Å²) in [5.74, 6) is 0.600. The Hall–Kier alpha value is -4.43. The van der Waals surface area contributed by atoms with Gasteiger partial charge in [-0.1, -0.05) is 65.8 Å². The van der Waals surface area contributed by atoms with Crippen LogP contribution < -0.4 is 38.1 Å². The highest BCUT2D eigenvalue weighted by Gasteiger charge is 2.32. The molecule has 0 radical (unpaired) electrons. The number of hydrogen-bond acceptors (Lipinski definition) is 7. The molecule has 11 nitrogen and oxygen atoms in total. The maximum absolute atomic E-state index is 12.8.